The number of aliphatic hydroxyl groups excluding tert-OH is 1. The molecule has 1 aromatic heterocycles. The lowest BCUT2D eigenvalue weighted by atomic mass is 9.73. The molecule has 1 saturated carbocycles. The summed E-state index contributed by atoms with van der Waals surface area (Å²) in [5, 5.41) is 8.93. The number of aromatic nitrogens is 2. The van der Waals surface area contributed by atoms with Gasteiger partial charge < -0.3 is 5.11 Å². The molecule has 3 nitrogen and oxygen atoms in total. The van der Waals surface area contributed by atoms with Crippen molar-refractivity contribution in [3.63, 3.8) is 0 Å². The van der Waals surface area contributed by atoms with Crippen molar-refractivity contribution in [2.24, 2.45) is 5.41 Å². The summed E-state index contributed by atoms with van der Waals surface area (Å²) < 4.78 is 0. The molecular weight excluding hydrogens is 200 g/mol. The molecule has 16 heavy (non-hydrogen) atoms. The van der Waals surface area contributed by atoms with Gasteiger partial charge in [-0.25, -0.2) is 9.97 Å². The highest BCUT2D eigenvalue weighted by molar-refractivity contribution is 5.07. The number of nitrogens with zero attached hydrogens (tertiary/aromatic N) is 2. The summed E-state index contributed by atoms with van der Waals surface area (Å²) in [6.45, 7) is 4.69. The smallest absolute Gasteiger partial charge is 0.131 e. The SMILES string of the molecule is CC1(C)CCC(c2ncc(CO)cn2)CC1. The summed E-state index contributed by atoms with van der Waals surface area (Å²) in [6.07, 6.45) is 8.35. The molecule has 1 aliphatic rings. The van der Waals surface area contributed by atoms with E-state index in [0.717, 1.165) is 11.4 Å². The maximum Gasteiger partial charge on any atom is 0.131 e. The second-order valence-electron chi connectivity index (χ2n) is 5.55. The van der Waals surface area contributed by atoms with Gasteiger partial charge in [-0.1, -0.05) is 13.8 Å². The molecule has 3 heteroatoms. The van der Waals surface area contributed by atoms with Crippen LogP contribution in [0.3, 0.4) is 0 Å². The minimum absolute atomic E-state index is 0.0258. The van der Waals surface area contributed by atoms with Gasteiger partial charge in [-0.3, -0.25) is 0 Å². The summed E-state index contributed by atoms with van der Waals surface area (Å²) >= 11 is 0. The first-order chi connectivity index (χ1) is 7.61. The first-order valence-corrected chi connectivity index (χ1v) is 6.02. The molecule has 1 fully saturated rings. The van der Waals surface area contributed by atoms with Gasteiger partial charge in [0.15, 0.2) is 0 Å². The van der Waals surface area contributed by atoms with E-state index in [0.29, 0.717) is 11.3 Å². The molecule has 1 N–H and O–H groups in total. The Labute approximate surface area is 96.9 Å². The molecule has 2 rings (SSSR count). The molecule has 0 aromatic carbocycles. The molecule has 0 radical (unpaired) electrons. The second-order valence-corrected chi connectivity index (χ2v) is 5.55. The second kappa shape index (κ2) is 4.50. The lowest BCUT2D eigenvalue weighted by Crippen LogP contribution is -2.21. The summed E-state index contributed by atoms with van der Waals surface area (Å²) in [5.74, 6) is 1.47. The quantitative estimate of drug-likeness (QED) is 0.833. The Morgan fingerprint density at radius 2 is 1.81 bits per heavy atom. The molecule has 0 amide bonds. The van der Waals surface area contributed by atoms with Crippen molar-refractivity contribution in [2.75, 3.05) is 0 Å². The average Bonchev–Trinajstić information content (AvgIpc) is 2.29. The van der Waals surface area contributed by atoms with E-state index in [4.69, 9.17) is 5.11 Å². The summed E-state index contributed by atoms with van der Waals surface area (Å²) in [5.41, 5.74) is 1.28. The van der Waals surface area contributed by atoms with E-state index in [1.165, 1.54) is 25.7 Å². The van der Waals surface area contributed by atoms with Crippen LogP contribution in [-0.4, -0.2) is 15.1 Å². The monoisotopic (exact) mass is 220 g/mol. The highest BCUT2D eigenvalue weighted by Crippen LogP contribution is 2.41. The van der Waals surface area contributed by atoms with Gasteiger partial charge in [0.25, 0.3) is 0 Å². The van der Waals surface area contributed by atoms with Crippen LogP contribution >= 0.6 is 0 Å². The van der Waals surface area contributed by atoms with E-state index in [1.54, 1.807) is 12.4 Å². The van der Waals surface area contributed by atoms with Crippen molar-refractivity contribution in [3.8, 4) is 0 Å². The first-order valence-electron chi connectivity index (χ1n) is 6.02. The van der Waals surface area contributed by atoms with Crippen molar-refractivity contribution in [1.82, 2.24) is 9.97 Å². The average molecular weight is 220 g/mol. The highest BCUT2D eigenvalue weighted by atomic mass is 16.3. The van der Waals surface area contributed by atoms with Crippen LogP contribution in [0.25, 0.3) is 0 Å². The maximum absolute atomic E-state index is 8.93. The van der Waals surface area contributed by atoms with Crippen LogP contribution in [0.4, 0.5) is 0 Å². The van der Waals surface area contributed by atoms with E-state index in [-0.39, 0.29) is 6.61 Å². The Morgan fingerprint density at radius 3 is 2.31 bits per heavy atom. The molecule has 0 bridgehead atoms. The Morgan fingerprint density at radius 1 is 1.25 bits per heavy atom. The van der Waals surface area contributed by atoms with Crippen LogP contribution in [0.1, 0.15) is 56.8 Å². The standard InChI is InChI=1S/C13H20N2O/c1-13(2)5-3-11(4-6-13)12-14-7-10(9-16)8-15-12/h7-8,11,16H,3-6,9H2,1-2H3. The fourth-order valence-electron chi connectivity index (χ4n) is 2.31. The van der Waals surface area contributed by atoms with Crippen molar-refractivity contribution >= 4 is 0 Å². The molecule has 1 aliphatic carbocycles. The topological polar surface area (TPSA) is 46.0 Å². The third-order valence-corrected chi connectivity index (χ3v) is 3.61. The van der Waals surface area contributed by atoms with E-state index in [2.05, 4.69) is 23.8 Å². The van der Waals surface area contributed by atoms with Crippen LogP contribution in [0, 0.1) is 5.41 Å². The van der Waals surface area contributed by atoms with Crippen molar-refractivity contribution in [3.05, 3.63) is 23.8 Å². The fraction of sp³-hybridized carbons (Fsp3) is 0.692. The van der Waals surface area contributed by atoms with Gasteiger partial charge >= 0.3 is 0 Å². The zero-order valence-corrected chi connectivity index (χ0v) is 10.1. The van der Waals surface area contributed by atoms with Gasteiger partial charge in [0.05, 0.1) is 6.61 Å². The van der Waals surface area contributed by atoms with Gasteiger partial charge in [0.1, 0.15) is 5.82 Å². The minimum Gasteiger partial charge on any atom is -0.392 e. The maximum atomic E-state index is 8.93. The Bertz CT molecular complexity index is 335. The van der Waals surface area contributed by atoms with Crippen LogP contribution in [0.2, 0.25) is 0 Å². The first kappa shape index (κ1) is 11.5. The van der Waals surface area contributed by atoms with Gasteiger partial charge in [0.2, 0.25) is 0 Å². The predicted molar refractivity (Wildman–Crippen MR) is 62.9 cm³/mol. The zero-order chi connectivity index (χ0) is 11.6. The van der Waals surface area contributed by atoms with Crippen LogP contribution < -0.4 is 0 Å². The number of hydrogen-bond acceptors (Lipinski definition) is 3. The molecule has 0 unspecified atom stereocenters. The fourth-order valence-corrected chi connectivity index (χ4v) is 2.31. The van der Waals surface area contributed by atoms with Gasteiger partial charge in [0, 0.05) is 23.9 Å². The van der Waals surface area contributed by atoms with Gasteiger partial charge in [-0.05, 0) is 31.1 Å². The molecule has 0 saturated heterocycles. The van der Waals surface area contributed by atoms with E-state index < -0.39 is 0 Å². The van der Waals surface area contributed by atoms with Crippen molar-refractivity contribution < 1.29 is 5.11 Å². The molecule has 0 aliphatic heterocycles. The van der Waals surface area contributed by atoms with Crippen LogP contribution in [0.5, 0.6) is 0 Å². The number of hydrogen-bond donors (Lipinski definition) is 1. The lowest BCUT2D eigenvalue weighted by molar-refractivity contribution is 0.220. The minimum atomic E-state index is 0.0258. The molecule has 1 aromatic rings. The third kappa shape index (κ3) is 2.59. The molecule has 0 atom stereocenters. The van der Waals surface area contributed by atoms with Crippen molar-refractivity contribution in [2.45, 2.75) is 52.1 Å². The summed E-state index contributed by atoms with van der Waals surface area (Å²) in [4.78, 5) is 8.70. The zero-order valence-electron chi connectivity index (χ0n) is 10.1. The van der Waals surface area contributed by atoms with Gasteiger partial charge in [-0.15, -0.1) is 0 Å². The van der Waals surface area contributed by atoms with Crippen molar-refractivity contribution in [1.29, 1.82) is 0 Å². The van der Waals surface area contributed by atoms with E-state index in [1.807, 2.05) is 0 Å². The largest absolute Gasteiger partial charge is 0.392 e. The van der Waals surface area contributed by atoms with Gasteiger partial charge in [-0.2, -0.15) is 0 Å². The highest BCUT2D eigenvalue weighted by Gasteiger charge is 2.28. The molecule has 0 spiro atoms. The van der Waals surface area contributed by atoms with Crippen LogP contribution in [0.15, 0.2) is 12.4 Å². The summed E-state index contributed by atoms with van der Waals surface area (Å²) in [7, 11) is 0. The number of rotatable bonds is 2. The number of aliphatic hydroxyl groups is 1. The Balaban J connectivity index is 2.03. The lowest BCUT2D eigenvalue weighted by Gasteiger charge is -2.33. The molecular formula is C13H20N2O. The Hall–Kier alpha value is -0.960. The summed E-state index contributed by atoms with van der Waals surface area (Å²) in [6, 6.07) is 0. The van der Waals surface area contributed by atoms with E-state index >= 15 is 0 Å². The molecule has 88 valence electrons. The molecule has 1 heterocycles. The Kier molecular flexibility index (Phi) is 3.24. The third-order valence-electron chi connectivity index (χ3n) is 3.61. The van der Waals surface area contributed by atoms with E-state index in [9.17, 15) is 0 Å². The normalized spacial score (nSPS) is 20.9. The predicted octanol–water partition coefficient (Wildman–Crippen LogP) is 2.65. The van der Waals surface area contributed by atoms with Crippen LogP contribution in [-0.2, 0) is 6.61 Å².